The van der Waals surface area contributed by atoms with Gasteiger partial charge in [0.2, 0.25) is 5.91 Å². The summed E-state index contributed by atoms with van der Waals surface area (Å²) < 4.78 is 10.6. The van der Waals surface area contributed by atoms with Crippen LogP contribution in [0, 0.1) is 5.41 Å². The summed E-state index contributed by atoms with van der Waals surface area (Å²) in [5.74, 6) is 0.395. The second-order valence-electron chi connectivity index (χ2n) is 9.39. The van der Waals surface area contributed by atoms with Gasteiger partial charge < -0.3 is 19.4 Å². The molecule has 1 saturated heterocycles. The number of halogens is 1. The number of anilines is 1. The fraction of sp³-hybridized carbons (Fsp3) is 0.321. The molecule has 0 bridgehead atoms. The molecule has 0 unspecified atom stereocenters. The van der Waals surface area contributed by atoms with Gasteiger partial charge in [0, 0.05) is 29.4 Å². The largest absolute Gasteiger partial charge is 0.468 e. The van der Waals surface area contributed by atoms with Crippen molar-refractivity contribution in [1.29, 1.82) is 0 Å². The van der Waals surface area contributed by atoms with Crippen LogP contribution in [0.4, 0.5) is 5.69 Å². The highest BCUT2D eigenvalue weighted by atomic mass is 35.5. The fourth-order valence-electron chi connectivity index (χ4n) is 4.73. The molecular formula is C28H27ClN2O5. The maximum atomic E-state index is 13.0. The van der Waals surface area contributed by atoms with Crippen molar-refractivity contribution in [2.45, 2.75) is 31.6 Å². The molecule has 0 atom stereocenters. The number of methoxy groups -OCH3 is 1. The van der Waals surface area contributed by atoms with Gasteiger partial charge in [0.1, 0.15) is 11.2 Å². The van der Waals surface area contributed by atoms with Crippen LogP contribution in [0.3, 0.4) is 0 Å². The van der Waals surface area contributed by atoms with E-state index in [9.17, 15) is 14.4 Å². The average molecular weight is 507 g/mol. The van der Waals surface area contributed by atoms with E-state index in [2.05, 4.69) is 5.32 Å². The van der Waals surface area contributed by atoms with Crippen LogP contribution >= 0.6 is 11.6 Å². The molecule has 7 nitrogen and oxygen atoms in total. The van der Waals surface area contributed by atoms with Gasteiger partial charge in [0.05, 0.1) is 7.11 Å². The lowest BCUT2D eigenvalue weighted by molar-refractivity contribution is -0.150. The SMILES string of the molecule is COC(=O)C1(C(=O)Nc2ccc(C3CCN(C(=O)c4ccc(-c5ccc(Cl)cc5)o4)CC3)cc2)CC1. The Morgan fingerprint density at radius 1 is 0.972 bits per heavy atom. The zero-order valence-corrected chi connectivity index (χ0v) is 20.7. The minimum Gasteiger partial charge on any atom is -0.468 e. The van der Waals surface area contributed by atoms with Gasteiger partial charge in [-0.15, -0.1) is 0 Å². The monoisotopic (exact) mass is 506 g/mol. The number of nitrogens with one attached hydrogen (secondary N) is 1. The third-order valence-electron chi connectivity index (χ3n) is 7.13. The number of rotatable bonds is 6. The van der Waals surface area contributed by atoms with Gasteiger partial charge in [-0.1, -0.05) is 23.7 Å². The summed E-state index contributed by atoms with van der Waals surface area (Å²) in [7, 11) is 1.30. The Kier molecular flexibility index (Phi) is 6.58. The lowest BCUT2D eigenvalue weighted by Crippen LogP contribution is -2.37. The molecule has 1 aliphatic heterocycles. The predicted octanol–water partition coefficient (Wildman–Crippen LogP) is 5.51. The van der Waals surface area contributed by atoms with Crippen LogP contribution in [0.15, 0.2) is 65.1 Å². The van der Waals surface area contributed by atoms with Crippen LogP contribution in [0.25, 0.3) is 11.3 Å². The molecule has 2 amide bonds. The van der Waals surface area contributed by atoms with Crippen LogP contribution < -0.4 is 5.32 Å². The van der Waals surface area contributed by atoms with E-state index in [1.54, 1.807) is 24.3 Å². The van der Waals surface area contributed by atoms with E-state index in [0.29, 0.717) is 54.1 Å². The highest BCUT2D eigenvalue weighted by Crippen LogP contribution is 2.47. The first-order valence-corrected chi connectivity index (χ1v) is 12.4. The highest BCUT2D eigenvalue weighted by molar-refractivity contribution is 6.30. The number of likely N-dealkylation sites (tertiary alicyclic amines) is 1. The molecule has 1 aromatic heterocycles. The maximum absolute atomic E-state index is 13.0. The molecular weight excluding hydrogens is 480 g/mol. The number of benzene rings is 2. The summed E-state index contributed by atoms with van der Waals surface area (Å²) in [6, 6.07) is 18.5. The molecule has 1 N–H and O–H groups in total. The number of esters is 1. The van der Waals surface area contributed by atoms with Crippen LogP contribution in [0.5, 0.6) is 0 Å². The molecule has 2 fully saturated rings. The molecule has 0 spiro atoms. The number of carbonyl (C=O) groups is 3. The third kappa shape index (κ3) is 4.75. The first-order valence-electron chi connectivity index (χ1n) is 12.0. The number of hydrogen-bond acceptors (Lipinski definition) is 5. The Morgan fingerprint density at radius 2 is 1.64 bits per heavy atom. The van der Waals surface area contributed by atoms with Crippen molar-refractivity contribution in [2.75, 3.05) is 25.5 Å². The summed E-state index contributed by atoms with van der Waals surface area (Å²) in [6.07, 6.45) is 2.71. The molecule has 2 heterocycles. The topological polar surface area (TPSA) is 88.9 Å². The maximum Gasteiger partial charge on any atom is 0.321 e. The third-order valence-corrected chi connectivity index (χ3v) is 7.38. The predicted molar refractivity (Wildman–Crippen MR) is 136 cm³/mol. The van der Waals surface area contributed by atoms with Crippen molar-refractivity contribution in [3.8, 4) is 11.3 Å². The first kappa shape index (κ1) is 24.1. The molecule has 1 aliphatic carbocycles. The lowest BCUT2D eigenvalue weighted by atomic mass is 9.89. The van der Waals surface area contributed by atoms with Crippen molar-refractivity contribution in [2.24, 2.45) is 5.41 Å². The van der Waals surface area contributed by atoms with Gasteiger partial charge in [-0.05, 0) is 85.7 Å². The smallest absolute Gasteiger partial charge is 0.321 e. The molecule has 1 saturated carbocycles. The van der Waals surface area contributed by atoms with E-state index >= 15 is 0 Å². The van der Waals surface area contributed by atoms with Crippen molar-refractivity contribution < 1.29 is 23.5 Å². The Labute approximate surface area is 214 Å². The average Bonchev–Trinajstić information content (AvgIpc) is 3.59. The van der Waals surface area contributed by atoms with Gasteiger partial charge in [-0.3, -0.25) is 14.4 Å². The number of carbonyl (C=O) groups excluding carboxylic acids is 3. The standard InChI is InChI=1S/C28H27ClN2O5/c1-35-27(34)28(14-15-28)26(33)30-22-8-4-18(5-9-22)19-12-16-31(17-13-19)25(32)24-11-10-23(36-24)20-2-6-21(29)7-3-20/h2-11,19H,12-17H2,1H3,(H,30,33). The molecule has 5 rings (SSSR count). The Morgan fingerprint density at radius 3 is 2.25 bits per heavy atom. The molecule has 8 heteroatoms. The molecule has 36 heavy (non-hydrogen) atoms. The van der Waals surface area contributed by atoms with E-state index in [-0.39, 0.29) is 11.8 Å². The van der Waals surface area contributed by atoms with Crippen molar-refractivity contribution in [3.63, 3.8) is 0 Å². The summed E-state index contributed by atoms with van der Waals surface area (Å²) in [5, 5.41) is 3.48. The summed E-state index contributed by atoms with van der Waals surface area (Å²) in [5.41, 5.74) is 1.66. The second kappa shape index (κ2) is 9.82. The van der Waals surface area contributed by atoms with Gasteiger partial charge in [-0.2, -0.15) is 0 Å². The Hall–Kier alpha value is -3.58. The van der Waals surface area contributed by atoms with E-state index in [1.165, 1.54) is 7.11 Å². The zero-order chi connectivity index (χ0) is 25.3. The molecule has 2 aliphatic rings. The number of amides is 2. The Balaban J connectivity index is 1.15. The lowest BCUT2D eigenvalue weighted by Gasteiger charge is -2.31. The molecule has 0 radical (unpaired) electrons. The minimum absolute atomic E-state index is 0.105. The van der Waals surface area contributed by atoms with Gasteiger partial charge in [-0.25, -0.2) is 0 Å². The number of ether oxygens (including phenoxy) is 1. The number of nitrogens with zero attached hydrogens (tertiary/aromatic N) is 1. The van der Waals surface area contributed by atoms with E-state index in [4.69, 9.17) is 20.8 Å². The fourth-order valence-corrected chi connectivity index (χ4v) is 4.85. The Bertz CT molecular complexity index is 1270. The number of hydrogen-bond donors (Lipinski definition) is 1. The minimum atomic E-state index is -1.03. The van der Waals surface area contributed by atoms with E-state index < -0.39 is 11.4 Å². The first-order chi connectivity index (χ1) is 17.4. The normalized spacial score (nSPS) is 16.9. The number of piperidine rings is 1. The molecule has 186 valence electrons. The highest BCUT2D eigenvalue weighted by Gasteiger charge is 2.57. The van der Waals surface area contributed by atoms with Crippen molar-refractivity contribution >= 4 is 35.1 Å². The van der Waals surface area contributed by atoms with E-state index in [1.807, 2.05) is 41.3 Å². The van der Waals surface area contributed by atoms with Crippen LogP contribution in [0.2, 0.25) is 5.02 Å². The summed E-state index contributed by atoms with van der Waals surface area (Å²) >= 11 is 5.95. The molecule has 3 aromatic rings. The summed E-state index contributed by atoms with van der Waals surface area (Å²) in [4.78, 5) is 39.3. The zero-order valence-electron chi connectivity index (χ0n) is 20.0. The second-order valence-corrected chi connectivity index (χ2v) is 9.82. The van der Waals surface area contributed by atoms with Gasteiger partial charge >= 0.3 is 5.97 Å². The van der Waals surface area contributed by atoms with Gasteiger partial charge in [0.25, 0.3) is 5.91 Å². The van der Waals surface area contributed by atoms with Crippen molar-refractivity contribution in [3.05, 3.63) is 77.0 Å². The van der Waals surface area contributed by atoms with E-state index in [0.717, 1.165) is 24.0 Å². The molecule has 2 aromatic carbocycles. The van der Waals surface area contributed by atoms with Crippen molar-refractivity contribution in [1.82, 2.24) is 4.90 Å². The van der Waals surface area contributed by atoms with Gasteiger partial charge in [0.15, 0.2) is 5.76 Å². The van der Waals surface area contributed by atoms with Crippen LogP contribution in [0.1, 0.15) is 47.7 Å². The van der Waals surface area contributed by atoms with Crippen LogP contribution in [-0.4, -0.2) is 42.9 Å². The van der Waals surface area contributed by atoms with Crippen LogP contribution in [-0.2, 0) is 14.3 Å². The quantitative estimate of drug-likeness (QED) is 0.351. The summed E-state index contributed by atoms with van der Waals surface area (Å²) in [6.45, 7) is 1.28. The number of furan rings is 1.